The molecule has 14 heteroatoms. The summed E-state index contributed by atoms with van der Waals surface area (Å²) in [4.78, 5) is 18.4. The lowest BCUT2D eigenvalue weighted by Gasteiger charge is -2.40. The largest absolute Gasteiger partial charge is 0.416 e. The third kappa shape index (κ3) is 7.23. The van der Waals surface area contributed by atoms with Crippen molar-refractivity contribution in [2.24, 2.45) is 5.73 Å². The van der Waals surface area contributed by atoms with Crippen LogP contribution in [0, 0.1) is 5.41 Å². The molecule has 0 unspecified atom stereocenters. The molecule has 1 heterocycles. The van der Waals surface area contributed by atoms with Crippen molar-refractivity contribution < 1.29 is 31.1 Å². The number of nitrogens with zero attached hydrogens (tertiary/aromatic N) is 3. The highest BCUT2D eigenvalue weighted by atomic mass is 35.5. The second kappa shape index (κ2) is 11.6. The number of likely N-dealkylation sites (N-methyl/N-ethyl adjacent to an activating group) is 1. The topological polar surface area (TPSA) is 76.7 Å². The molecule has 0 bridgehead atoms. The minimum absolute atomic E-state index is 0.0688. The predicted molar refractivity (Wildman–Crippen MR) is 132 cm³/mol. The summed E-state index contributed by atoms with van der Waals surface area (Å²) in [6, 6.07) is 5.24. The molecular formula is C24H25Cl2F6N5O. The Balaban J connectivity index is 1.84. The zero-order valence-corrected chi connectivity index (χ0v) is 21.6. The van der Waals surface area contributed by atoms with E-state index in [1.54, 1.807) is 17.0 Å². The number of guanidine groups is 1. The molecule has 1 amide bonds. The number of hydrogen-bond acceptors (Lipinski definition) is 3. The lowest BCUT2D eigenvalue weighted by Crippen LogP contribution is -2.54. The third-order valence-electron chi connectivity index (χ3n) is 6.27. The summed E-state index contributed by atoms with van der Waals surface area (Å²) in [6.45, 7) is 1.37. The zero-order chi connectivity index (χ0) is 28.4. The van der Waals surface area contributed by atoms with E-state index in [1.165, 1.54) is 18.0 Å². The highest BCUT2D eigenvalue weighted by Gasteiger charge is 2.37. The van der Waals surface area contributed by atoms with Crippen LogP contribution in [0.25, 0.3) is 0 Å². The lowest BCUT2D eigenvalue weighted by atomic mass is 10.0. The summed E-state index contributed by atoms with van der Waals surface area (Å²) < 4.78 is 79.3. The molecule has 1 fully saturated rings. The van der Waals surface area contributed by atoms with Crippen LogP contribution >= 0.6 is 23.2 Å². The predicted octanol–water partition coefficient (Wildman–Crippen LogP) is 5.28. The molecule has 2 aromatic carbocycles. The van der Waals surface area contributed by atoms with Gasteiger partial charge in [-0.05, 0) is 47.9 Å². The van der Waals surface area contributed by atoms with Gasteiger partial charge in [-0.2, -0.15) is 26.3 Å². The van der Waals surface area contributed by atoms with Crippen molar-refractivity contribution in [3.8, 4) is 0 Å². The molecule has 0 spiro atoms. The Hall–Kier alpha value is -2.70. The number of carbonyl (C=O) groups is 1. The molecule has 0 aliphatic carbocycles. The monoisotopic (exact) mass is 583 g/mol. The molecule has 3 N–H and O–H groups in total. The second-order valence-electron chi connectivity index (χ2n) is 8.91. The van der Waals surface area contributed by atoms with Crippen LogP contribution in [0.4, 0.5) is 26.3 Å². The molecule has 1 aliphatic rings. The van der Waals surface area contributed by atoms with Gasteiger partial charge in [0.2, 0.25) is 5.91 Å². The number of halogens is 8. The van der Waals surface area contributed by atoms with Crippen molar-refractivity contribution in [3.05, 3.63) is 68.7 Å². The number of nitrogens with two attached hydrogens (primary N) is 1. The van der Waals surface area contributed by atoms with E-state index in [0.717, 1.165) is 0 Å². The summed E-state index contributed by atoms with van der Waals surface area (Å²) in [5.41, 5.74) is 3.06. The number of nitrogens with one attached hydrogen (secondary N) is 1. The molecule has 208 valence electrons. The van der Waals surface area contributed by atoms with Crippen molar-refractivity contribution in [3.63, 3.8) is 0 Å². The van der Waals surface area contributed by atoms with E-state index in [4.69, 9.17) is 34.3 Å². The van der Waals surface area contributed by atoms with E-state index in [2.05, 4.69) is 0 Å². The number of hydrogen-bond donors (Lipinski definition) is 2. The highest BCUT2D eigenvalue weighted by Crippen LogP contribution is 2.36. The number of piperazine rings is 1. The number of benzene rings is 2. The summed E-state index contributed by atoms with van der Waals surface area (Å²) in [7, 11) is 1.43. The van der Waals surface area contributed by atoms with Crippen LogP contribution in [0.3, 0.4) is 0 Å². The summed E-state index contributed by atoms with van der Waals surface area (Å²) >= 11 is 12.2. The summed E-state index contributed by atoms with van der Waals surface area (Å²) in [5, 5.41) is 8.11. The van der Waals surface area contributed by atoms with E-state index in [9.17, 15) is 31.1 Å². The van der Waals surface area contributed by atoms with Crippen LogP contribution in [-0.4, -0.2) is 66.3 Å². The van der Waals surface area contributed by atoms with Crippen LogP contribution < -0.4 is 5.73 Å². The van der Waals surface area contributed by atoms with Crippen LogP contribution in [0.1, 0.15) is 28.3 Å². The van der Waals surface area contributed by atoms with Crippen LogP contribution in [0.15, 0.2) is 36.4 Å². The Labute approximate surface area is 225 Å². The highest BCUT2D eigenvalue weighted by molar-refractivity contribution is 6.42. The van der Waals surface area contributed by atoms with E-state index in [-0.39, 0.29) is 40.6 Å². The molecule has 3 rings (SSSR count). The van der Waals surface area contributed by atoms with E-state index < -0.39 is 35.4 Å². The molecule has 0 radical (unpaired) electrons. The molecular weight excluding hydrogens is 559 g/mol. The van der Waals surface area contributed by atoms with Gasteiger partial charge in [0.05, 0.1) is 21.2 Å². The first kappa shape index (κ1) is 29.9. The normalized spacial score (nSPS) is 15.9. The molecule has 38 heavy (non-hydrogen) atoms. The number of alkyl halides is 6. The molecule has 1 aliphatic heterocycles. The molecule has 0 saturated carbocycles. The molecule has 2 aromatic rings. The van der Waals surface area contributed by atoms with Crippen molar-refractivity contribution >= 4 is 35.1 Å². The quantitative estimate of drug-likeness (QED) is 0.275. The number of rotatable bonds is 6. The van der Waals surface area contributed by atoms with E-state index >= 15 is 0 Å². The second-order valence-corrected chi connectivity index (χ2v) is 9.72. The first-order valence-electron chi connectivity index (χ1n) is 11.4. The summed E-state index contributed by atoms with van der Waals surface area (Å²) in [5.74, 6) is -0.527. The first-order chi connectivity index (χ1) is 17.6. The lowest BCUT2D eigenvalue weighted by molar-refractivity contribution is -0.143. The maximum Gasteiger partial charge on any atom is 0.416 e. The average molecular weight is 584 g/mol. The molecule has 1 atom stereocenters. The Bertz CT molecular complexity index is 1150. The average Bonchev–Trinajstić information content (AvgIpc) is 2.83. The van der Waals surface area contributed by atoms with Gasteiger partial charge >= 0.3 is 12.4 Å². The maximum absolute atomic E-state index is 13.6. The maximum atomic E-state index is 13.6. The van der Waals surface area contributed by atoms with Crippen molar-refractivity contribution in [2.75, 3.05) is 39.8 Å². The Morgan fingerprint density at radius 2 is 1.53 bits per heavy atom. The van der Waals surface area contributed by atoms with Gasteiger partial charge < -0.3 is 15.5 Å². The fourth-order valence-corrected chi connectivity index (χ4v) is 4.50. The minimum Gasteiger partial charge on any atom is -0.370 e. The van der Waals surface area contributed by atoms with E-state index in [1.807, 2.05) is 4.90 Å². The van der Waals surface area contributed by atoms with Crippen LogP contribution in [0.5, 0.6) is 0 Å². The SMILES string of the molecule is CN(CCc1cc(C(F)(F)F)cc(C(F)(F)F)c1)C(=O)[C@H](c1ccc(Cl)c(Cl)c1)N1CCN(C(=N)N)CC1. The standard InChI is InChI=1S/C24H25Cl2F6N5O/c1-35(5-4-14-10-16(23(27,28)29)13-17(11-14)24(30,31)32)21(38)20(15-2-3-18(25)19(26)12-15)36-6-8-37(9-7-36)22(33)34/h2-3,10-13,20H,4-9H2,1H3,(H3,33,34)/t20-/m0/s1. The number of amides is 1. The first-order valence-corrected chi connectivity index (χ1v) is 12.1. The van der Waals surface area contributed by atoms with Gasteiger partial charge in [-0.15, -0.1) is 0 Å². The van der Waals surface area contributed by atoms with Crippen molar-refractivity contribution in [1.82, 2.24) is 14.7 Å². The number of carbonyl (C=O) groups excluding carboxylic acids is 1. The zero-order valence-electron chi connectivity index (χ0n) is 20.1. The van der Waals surface area contributed by atoms with Gasteiger partial charge in [-0.1, -0.05) is 29.3 Å². The molecule has 1 saturated heterocycles. The van der Waals surface area contributed by atoms with Crippen molar-refractivity contribution in [2.45, 2.75) is 24.8 Å². The van der Waals surface area contributed by atoms with Crippen LogP contribution in [-0.2, 0) is 23.6 Å². The fraction of sp³-hybridized carbons (Fsp3) is 0.417. The Morgan fingerprint density at radius 1 is 0.974 bits per heavy atom. The van der Waals surface area contributed by atoms with Crippen LogP contribution in [0.2, 0.25) is 10.0 Å². The van der Waals surface area contributed by atoms with Gasteiger partial charge in [-0.25, -0.2) is 0 Å². The Morgan fingerprint density at radius 3 is 2.00 bits per heavy atom. The van der Waals surface area contributed by atoms with Gasteiger partial charge in [0, 0.05) is 39.8 Å². The van der Waals surface area contributed by atoms with Gasteiger partial charge in [0.1, 0.15) is 6.04 Å². The third-order valence-corrected chi connectivity index (χ3v) is 7.01. The van der Waals surface area contributed by atoms with Gasteiger partial charge in [0.15, 0.2) is 5.96 Å². The fourth-order valence-electron chi connectivity index (χ4n) is 4.19. The molecule has 6 nitrogen and oxygen atoms in total. The molecule has 0 aromatic heterocycles. The summed E-state index contributed by atoms with van der Waals surface area (Å²) in [6.07, 6.45) is -10.2. The van der Waals surface area contributed by atoms with Crippen molar-refractivity contribution in [1.29, 1.82) is 5.41 Å². The van der Waals surface area contributed by atoms with Gasteiger partial charge in [-0.3, -0.25) is 15.1 Å². The smallest absolute Gasteiger partial charge is 0.370 e. The van der Waals surface area contributed by atoms with E-state index in [0.29, 0.717) is 43.9 Å². The Kier molecular flexibility index (Phi) is 9.10. The minimum atomic E-state index is -4.96. The van der Waals surface area contributed by atoms with Gasteiger partial charge in [0.25, 0.3) is 0 Å².